The van der Waals surface area contributed by atoms with Crippen LogP contribution in [0.4, 0.5) is 16.4 Å². The number of nitrogens with zero attached hydrogens (tertiary/aromatic N) is 4. The molecule has 0 spiro atoms. The summed E-state index contributed by atoms with van der Waals surface area (Å²) in [5.41, 5.74) is 2.36. The largest absolute Gasteiger partial charge is 0.352 e. The third-order valence-corrected chi connectivity index (χ3v) is 9.87. The molecule has 5 rings (SSSR count). The number of hydrogen-bond donors (Lipinski definition) is 2. The van der Waals surface area contributed by atoms with E-state index in [-0.39, 0.29) is 15.7 Å². The van der Waals surface area contributed by atoms with Gasteiger partial charge in [0.25, 0.3) is 10.0 Å². The predicted molar refractivity (Wildman–Crippen MR) is 137 cm³/mol. The Kier molecular flexibility index (Phi) is 6.14. The number of amides is 2. The van der Waals surface area contributed by atoms with Gasteiger partial charge in [-0.3, -0.25) is 4.31 Å². The van der Waals surface area contributed by atoms with E-state index in [9.17, 15) is 13.2 Å². The lowest BCUT2D eigenvalue weighted by Gasteiger charge is -2.39. The van der Waals surface area contributed by atoms with Crippen LogP contribution in [-0.4, -0.2) is 62.0 Å². The number of thiophene rings is 1. The Balaban J connectivity index is 1.34. The molecule has 1 fully saturated rings. The molecule has 0 aliphatic carbocycles. The molecule has 2 aliphatic rings. The van der Waals surface area contributed by atoms with Gasteiger partial charge in [0.1, 0.15) is 4.21 Å². The topological polar surface area (TPSA) is 108 Å². The third kappa shape index (κ3) is 4.57. The lowest BCUT2D eigenvalue weighted by molar-refractivity contribution is 0.219. The van der Waals surface area contributed by atoms with Crippen molar-refractivity contribution in [3.8, 4) is 10.6 Å². The maximum absolute atomic E-state index is 13.6. The van der Waals surface area contributed by atoms with Gasteiger partial charge in [-0.15, -0.1) is 11.3 Å². The summed E-state index contributed by atoms with van der Waals surface area (Å²) in [7, 11) is -3.70. The van der Waals surface area contributed by atoms with Crippen LogP contribution < -0.4 is 14.9 Å². The van der Waals surface area contributed by atoms with Gasteiger partial charge >= 0.3 is 6.03 Å². The molecule has 4 heterocycles. The van der Waals surface area contributed by atoms with Gasteiger partial charge in [-0.05, 0) is 41.7 Å². The minimum absolute atomic E-state index is 0.0614. The molecule has 0 bridgehead atoms. The van der Waals surface area contributed by atoms with E-state index in [1.165, 1.54) is 15.6 Å². The van der Waals surface area contributed by atoms with Gasteiger partial charge in [-0.25, -0.2) is 23.2 Å². The highest BCUT2D eigenvalue weighted by atomic mass is 32.2. The zero-order valence-electron chi connectivity index (χ0n) is 19.7. The Morgan fingerprint density at radius 2 is 1.97 bits per heavy atom. The number of carbonyl (C=O) groups is 1. The molecule has 11 heteroatoms. The van der Waals surface area contributed by atoms with Crippen LogP contribution in [0.25, 0.3) is 10.6 Å². The molecule has 0 radical (unpaired) electrons. The van der Waals surface area contributed by atoms with E-state index in [1.54, 1.807) is 29.3 Å². The fraction of sp³-hybridized carbons (Fsp3) is 0.375. The Bertz CT molecular complexity index is 1350. The standard InChI is InChI=1S/C24H28N6O3S2/c1-24(2)10-14-30(19-6-4-3-5-17(19)24)35(32,33)21-8-7-20(34-21)18-9-11-25-22(28-18)26-12-15-29-16-13-27-23(29)31/h3-9,11H,10,12-16H2,1-2H3,(H,27,31)(H,25,26,28). The average molecular weight is 513 g/mol. The molecular formula is C24H28N6O3S2. The first-order valence-corrected chi connectivity index (χ1v) is 13.8. The summed E-state index contributed by atoms with van der Waals surface area (Å²) >= 11 is 1.21. The molecular weight excluding hydrogens is 484 g/mol. The first-order valence-electron chi connectivity index (χ1n) is 11.6. The fourth-order valence-electron chi connectivity index (χ4n) is 4.46. The molecule has 0 saturated carbocycles. The molecule has 0 atom stereocenters. The molecule has 1 aromatic carbocycles. The quantitative estimate of drug-likeness (QED) is 0.502. The van der Waals surface area contributed by atoms with Crippen molar-refractivity contribution in [3.05, 3.63) is 54.2 Å². The van der Waals surface area contributed by atoms with Gasteiger partial charge < -0.3 is 15.5 Å². The molecule has 2 aromatic heterocycles. The van der Waals surface area contributed by atoms with Gasteiger partial charge in [-0.1, -0.05) is 32.0 Å². The lowest BCUT2D eigenvalue weighted by atomic mass is 9.78. The second-order valence-corrected chi connectivity index (χ2v) is 12.4. The summed E-state index contributed by atoms with van der Waals surface area (Å²) in [5.74, 6) is 0.437. The summed E-state index contributed by atoms with van der Waals surface area (Å²) in [6.07, 6.45) is 2.39. The highest BCUT2D eigenvalue weighted by molar-refractivity contribution is 7.94. The van der Waals surface area contributed by atoms with Crippen LogP contribution in [0.5, 0.6) is 0 Å². The van der Waals surface area contributed by atoms with Crippen LogP contribution in [0.3, 0.4) is 0 Å². The molecule has 3 aromatic rings. The van der Waals surface area contributed by atoms with Crippen molar-refractivity contribution in [2.24, 2.45) is 0 Å². The van der Waals surface area contributed by atoms with Gasteiger partial charge in [0, 0.05) is 38.9 Å². The normalized spacial score (nSPS) is 17.3. The monoisotopic (exact) mass is 512 g/mol. The molecule has 2 N–H and O–H groups in total. The zero-order valence-corrected chi connectivity index (χ0v) is 21.3. The van der Waals surface area contributed by atoms with Gasteiger partial charge in [-0.2, -0.15) is 0 Å². The fourth-order valence-corrected chi connectivity index (χ4v) is 7.34. The van der Waals surface area contributed by atoms with Crippen molar-refractivity contribution in [1.82, 2.24) is 20.2 Å². The Labute approximate surface area is 209 Å². The van der Waals surface area contributed by atoms with E-state index in [4.69, 9.17) is 0 Å². The number of anilines is 2. The summed E-state index contributed by atoms with van der Waals surface area (Å²) in [5, 5.41) is 5.92. The maximum atomic E-state index is 13.6. The smallest absolute Gasteiger partial charge is 0.317 e. The second kappa shape index (κ2) is 9.12. The van der Waals surface area contributed by atoms with E-state index in [2.05, 4.69) is 34.4 Å². The summed E-state index contributed by atoms with van der Waals surface area (Å²) in [6, 6.07) is 12.9. The predicted octanol–water partition coefficient (Wildman–Crippen LogP) is 3.52. The maximum Gasteiger partial charge on any atom is 0.317 e. The van der Waals surface area contributed by atoms with Gasteiger partial charge in [0.05, 0.1) is 16.3 Å². The van der Waals surface area contributed by atoms with Crippen molar-refractivity contribution < 1.29 is 13.2 Å². The number of rotatable bonds is 7. The Morgan fingerprint density at radius 3 is 2.77 bits per heavy atom. The molecule has 2 aliphatic heterocycles. The summed E-state index contributed by atoms with van der Waals surface area (Å²) in [6.45, 7) is 7.16. The number of nitrogens with one attached hydrogen (secondary N) is 2. The van der Waals surface area contributed by atoms with Crippen molar-refractivity contribution in [3.63, 3.8) is 0 Å². The highest BCUT2D eigenvalue weighted by Crippen LogP contribution is 2.42. The molecule has 184 valence electrons. The summed E-state index contributed by atoms with van der Waals surface area (Å²) in [4.78, 5) is 22.9. The SMILES string of the molecule is CC1(C)CCN(S(=O)(=O)c2ccc(-c3ccnc(NCCN4CCNC4=O)n3)s2)c2ccccc21. The molecule has 1 saturated heterocycles. The van der Waals surface area contributed by atoms with Crippen molar-refractivity contribution in [2.45, 2.75) is 29.9 Å². The number of aromatic nitrogens is 2. The van der Waals surface area contributed by atoms with E-state index in [0.29, 0.717) is 44.4 Å². The number of carbonyl (C=O) groups excluding carboxylic acids is 1. The van der Waals surface area contributed by atoms with Gasteiger partial charge in [0.15, 0.2) is 0 Å². The van der Waals surface area contributed by atoms with Gasteiger partial charge in [0.2, 0.25) is 5.95 Å². The second-order valence-electron chi connectivity index (χ2n) is 9.26. The molecule has 2 amide bonds. The highest BCUT2D eigenvalue weighted by Gasteiger charge is 2.37. The van der Waals surface area contributed by atoms with Crippen molar-refractivity contribution in [1.29, 1.82) is 0 Å². The molecule has 9 nitrogen and oxygen atoms in total. The number of para-hydroxylation sites is 1. The third-order valence-electron chi connectivity index (χ3n) is 6.49. The van der Waals surface area contributed by atoms with Crippen LogP contribution in [0.1, 0.15) is 25.8 Å². The van der Waals surface area contributed by atoms with Crippen LogP contribution in [0.2, 0.25) is 0 Å². The molecule has 35 heavy (non-hydrogen) atoms. The summed E-state index contributed by atoms with van der Waals surface area (Å²) < 4.78 is 29.1. The van der Waals surface area contributed by atoms with Crippen LogP contribution in [0, 0.1) is 0 Å². The number of benzene rings is 1. The zero-order chi connectivity index (χ0) is 24.6. The number of fused-ring (bicyclic) bond motifs is 1. The minimum Gasteiger partial charge on any atom is -0.352 e. The lowest BCUT2D eigenvalue weighted by Crippen LogP contribution is -2.40. The van der Waals surface area contributed by atoms with Crippen LogP contribution in [-0.2, 0) is 15.4 Å². The average Bonchev–Trinajstić information content (AvgIpc) is 3.49. The number of hydrogen-bond acceptors (Lipinski definition) is 7. The Hall–Kier alpha value is -3.18. The molecule has 0 unspecified atom stereocenters. The first kappa shape index (κ1) is 23.6. The van der Waals surface area contributed by atoms with E-state index in [1.807, 2.05) is 24.3 Å². The van der Waals surface area contributed by atoms with E-state index < -0.39 is 10.0 Å². The van der Waals surface area contributed by atoms with E-state index in [0.717, 1.165) is 22.5 Å². The van der Waals surface area contributed by atoms with Crippen LogP contribution in [0.15, 0.2) is 52.9 Å². The van der Waals surface area contributed by atoms with E-state index >= 15 is 0 Å². The number of urea groups is 1. The van der Waals surface area contributed by atoms with Crippen molar-refractivity contribution >= 4 is 39.0 Å². The Morgan fingerprint density at radius 1 is 1.14 bits per heavy atom. The first-order chi connectivity index (χ1) is 16.8. The minimum atomic E-state index is -3.70. The number of sulfonamides is 1. The van der Waals surface area contributed by atoms with Crippen molar-refractivity contribution in [2.75, 3.05) is 42.3 Å². The van der Waals surface area contributed by atoms with Crippen LogP contribution >= 0.6 is 11.3 Å².